The summed E-state index contributed by atoms with van der Waals surface area (Å²) in [6.45, 7) is 8.06. The Labute approximate surface area is 121 Å². The number of ether oxygens (including phenoxy) is 1. The van der Waals surface area contributed by atoms with E-state index in [1.54, 1.807) is 4.90 Å². The Hall–Kier alpha value is -0.810. The van der Waals surface area contributed by atoms with Crippen molar-refractivity contribution in [2.24, 2.45) is 5.92 Å². The Morgan fingerprint density at radius 1 is 1.35 bits per heavy atom. The molecule has 0 aromatic rings. The summed E-state index contributed by atoms with van der Waals surface area (Å²) in [5.41, 5.74) is -0.659. The van der Waals surface area contributed by atoms with Crippen molar-refractivity contribution < 1.29 is 14.6 Å². The van der Waals surface area contributed by atoms with Crippen LogP contribution >= 0.6 is 0 Å². The number of nitrogens with zero attached hydrogens (tertiary/aromatic N) is 1. The number of aliphatic hydroxyl groups is 1. The first kappa shape index (κ1) is 15.6. The fourth-order valence-electron chi connectivity index (χ4n) is 2.52. The van der Waals surface area contributed by atoms with E-state index in [0.717, 1.165) is 25.3 Å². The third kappa shape index (κ3) is 4.35. The second-order valence-electron chi connectivity index (χ2n) is 7.23. The Morgan fingerprint density at radius 2 is 1.95 bits per heavy atom. The van der Waals surface area contributed by atoms with Crippen LogP contribution < -0.4 is 5.32 Å². The number of rotatable bonds is 4. The van der Waals surface area contributed by atoms with Crippen molar-refractivity contribution in [2.45, 2.75) is 57.6 Å². The molecule has 1 aliphatic heterocycles. The minimum Gasteiger partial charge on any atom is -0.444 e. The predicted molar refractivity (Wildman–Crippen MR) is 77.6 cm³/mol. The quantitative estimate of drug-likeness (QED) is 0.825. The largest absolute Gasteiger partial charge is 0.444 e. The molecule has 1 saturated carbocycles. The molecule has 1 amide bonds. The lowest BCUT2D eigenvalue weighted by Crippen LogP contribution is -2.57. The fraction of sp³-hybridized carbons (Fsp3) is 0.933. The maximum atomic E-state index is 12.0. The van der Waals surface area contributed by atoms with Crippen LogP contribution in [0.2, 0.25) is 0 Å². The van der Waals surface area contributed by atoms with Crippen molar-refractivity contribution in [1.29, 1.82) is 0 Å². The zero-order valence-corrected chi connectivity index (χ0v) is 12.9. The van der Waals surface area contributed by atoms with E-state index in [4.69, 9.17) is 4.74 Å². The first-order valence-corrected chi connectivity index (χ1v) is 7.67. The van der Waals surface area contributed by atoms with E-state index in [1.165, 1.54) is 12.8 Å². The van der Waals surface area contributed by atoms with Crippen molar-refractivity contribution in [3.8, 4) is 0 Å². The van der Waals surface area contributed by atoms with Crippen molar-refractivity contribution in [2.75, 3.05) is 26.2 Å². The Kier molecular flexibility index (Phi) is 4.59. The van der Waals surface area contributed by atoms with E-state index in [2.05, 4.69) is 5.32 Å². The molecule has 0 aromatic carbocycles. The van der Waals surface area contributed by atoms with Crippen molar-refractivity contribution in [1.82, 2.24) is 10.2 Å². The van der Waals surface area contributed by atoms with Gasteiger partial charge < -0.3 is 20.1 Å². The van der Waals surface area contributed by atoms with Gasteiger partial charge in [0.1, 0.15) is 5.60 Å². The lowest BCUT2D eigenvalue weighted by Gasteiger charge is -2.41. The topological polar surface area (TPSA) is 61.8 Å². The lowest BCUT2D eigenvalue weighted by atomic mass is 9.88. The van der Waals surface area contributed by atoms with Crippen LogP contribution in [0.3, 0.4) is 0 Å². The number of aliphatic hydroxyl groups excluding tert-OH is 1. The minimum absolute atomic E-state index is 0.141. The van der Waals surface area contributed by atoms with Gasteiger partial charge in [0.05, 0.1) is 6.61 Å². The number of hydrogen-bond acceptors (Lipinski definition) is 4. The molecule has 20 heavy (non-hydrogen) atoms. The lowest BCUT2D eigenvalue weighted by molar-refractivity contribution is 0.00915. The third-order valence-electron chi connectivity index (χ3n) is 4.14. The molecule has 2 N–H and O–H groups in total. The molecule has 1 heterocycles. The summed E-state index contributed by atoms with van der Waals surface area (Å²) in [7, 11) is 0. The molecule has 1 saturated heterocycles. The highest BCUT2D eigenvalue weighted by Crippen LogP contribution is 2.30. The molecule has 0 spiro atoms. The molecule has 5 heteroatoms. The summed E-state index contributed by atoms with van der Waals surface area (Å²) in [6.07, 6.45) is 3.94. The number of nitrogens with one attached hydrogen (secondary N) is 1. The number of carbonyl (C=O) groups is 1. The molecule has 0 bridgehead atoms. The average Bonchev–Trinajstić information content (AvgIpc) is 3.19. The van der Waals surface area contributed by atoms with Gasteiger partial charge in [-0.2, -0.15) is 0 Å². The SMILES string of the molecule is CC(C)(C)OC(=O)N1CCC(CO)(NCC2CC2)CC1. The van der Waals surface area contributed by atoms with Crippen LogP contribution in [0.25, 0.3) is 0 Å². The Balaban J connectivity index is 1.81. The van der Waals surface area contributed by atoms with Gasteiger partial charge in [-0.15, -0.1) is 0 Å². The van der Waals surface area contributed by atoms with Gasteiger partial charge in [0, 0.05) is 18.6 Å². The van der Waals surface area contributed by atoms with Gasteiger partial charge >= 0.3 is 6.09 Å². The van der Waals surface area contributed by atoms with Crippen LogP contribution in [0.5, 0.6) is 0 Å². The van der Waals surface area contributed by atoms with Gasteiger partial charge in [-0.3, -0.25) is 0 Å². The molecule has 0 atom stereocenters. The minimum atomic E-state index is -0.452. The maximum Gasteiger partial charge on any atom is 0.410 e. The van der Waals surface area contributed by atoms with Gasteiger partial charge in [0.15, 0.2) is 0 Å². The summed E-state index contributed by atoms with van der Waals surface area (Å²) in [5, 5.41) is 13.2. The smallest absolute Gasteiger partial charge is 0.410 e. The number of likely N-dealkylation sites (tertiary alicyclic amines) is 1. The summed E-state index contributed by atoms with van der Waals surface area (Å²) in [4.78, 5) is 13.8. The molecule has 0 aromatic heterocycles. The first-order valence-electron chi connectivity index (χ1n) is 7.67. The van der Waals surface area contributed by atoms with Crippen LogP contribution in [0.4, 0.5) is 4.79 Å². The maximum absolute atomic E-state index is 12.0. The molecule has 0 radical (unpaired) electrons. The van der Waals surface area contributed by atoms with E-state index >= 15 is 0 Å². The standard InChI is InChI=1S/C15H28N2O3/c1-14(2,3)20-13(19)17-8-6-15(11-18,7-9-17)16-10-12-4-5-12/h12,16,18H,4-11H2,1-3H3. The molecule has 0 unspecified atom stereocenters. The highest BCUT2D eigenvalue weighted by Gasteiger charge is 2.37. The Bertz CT molecular complexity index is 340. The summed E-state index contributed by atoms with van der Waals surface area (Å²) >= 11 is 0. The van der Waals surface area contributed by atoms with Gasteiger partial charge in [-0.25, -0.2) is 4.79 Å². The molecular weight excluding hydrogens is 256 g/mol. The van der Waals surface area contributed by atoms with Crippen LogP contribution in [-0.2, 0) is 4.74 Å². The first-order chi connectivity index (χ1) is 9.34. The number of hydrogen-bond donors (Lipinski definition) is 2. The number of piperidine rings is 1. The molecule has 2 aliphatic rings. The zero-order valence-electron chi connectivity index (χ0n) is 12.9. The summed E-state index contributed by atoms with van der Waals surface area (Å²) < 4.78 is 5.39. The Morgan fingerprint density at radius 3 is 2.40 bits per heavy atom. The second-order valence-corrected chi connectivity index (χ2v) is 7.23. The molecule has 116 valence electrons. The normalized spacial score (nSPS) is 22.7. The van der Waals surface area contributed by atoms with E-state index in [9.17, 15) is 9.90 Å². The number of amides is 1. The second kappa shape index (κ2) is 5.90. The van der Waals surface area contributed by atoms with E-state index in [0.29, 0.717) is 13.1 Å². The zero-order chi connectivity index (χ0) is 14.8. The predicted octanol–water partition coefficient (Wildman–Crippen LogP) is 1.75. The molecule has 1 aliphatic carbocycles. The van der Waals surface area contributed by atoms with Crippen molar-refractivity contribution in [3.05, 3.63) is 0 Å². The average molecular weight is 284 g/mol. The summed E-state index contributed by atoms with van der Waals surface area (Å²) in [6, 6.07) is 0. The fourth-order valence-corrected chi connectivity index (χ4v) is 2.52. The van der Waals surface area contributed by atoms with E-state index < -0.39 is 5.60 Å². The van der Waals surface area contributed by atoms with E-state index in [-0.39, 0.29) is 18.2 Å². The van der Waals surface area contributed by atoms with Crippen LogP contribution in [0, 0.1) is 5.92 Å². The summed E-state index contributed by atoms with van der Waals surface area (Å²) in [5.74, 6) is 0.794. The van der Waals surface area contributed by atoms with Crippen LogP contribution in [-0.4, -0.2) is 53.5 Å². The van der Waals surface area contributed by atoms with Crippen molar-refractivity contribution >= 4 is 6.09 Å². The molecule has 2 rings (SSSR count). The van der Waals surface area contributed by atoms with E-state index in [1.807, 2.05) is 20.8 Å². The molecule has 2 fully saturated rings. The highest BCUT2D eigenvalue weighted by molar-refractivity contribution is 5.68. The van der Waals surface area contributed by atoms with Gasteiger partial charge in [0.2, 0.25) is 0 Å². The van der Waals surface area contributed by atoms with Crippen LogP contribution in [0.1, 0.15) is 46.5 Å². The third-order valence-corrected chi connectivity index (χ3v) is 4.14. The molecular formula is C15H28N2O3. The number of carbonyl (C=O) groups excluding carboxylic acids is 1. The van der Waals surface area contributed by atoms with Gasteiger partial charge in [0.25, 0.3) is 0 Å². The molecule has 5 nitrogen and oxygen atoms in total. The van der Waals surface area contributed by atoms with Crippen molar-refractivity contribution in [3.63, 3.8) is 0 Å². The monoisotopic (exact) mass is 284 g/mol. The highest BCUT2D eigenvalue weighted by atomic mass is 16.6. The van der Waals surface area contributed by atoms with Gasteiger partial charge in [-0.05, 0) is 58.9 Å². The van der Waals surface area contributed by atoms with Crippen LogP contribution in [0.15, 0.2) is 0 Å². The van der Waals surface area contributed by atoms with Gasteiger partial charge in [-0.1, -0.05) is 0 Å².